The lowest BCUT2D eigenvalue weighted by Gasteiger charge is -2.34. The third-order valence-corrected chi connectivity index (χ3v) is 4.65. The van der Waals surface area contributed by atoms with Gasteiger partial charge < -0.3 is 20.1 Å². The number of fused-ring (bicyclic) bond motifs is 1. The molecule has 6 nitrogen and oxygen atoms in total. The molecule has 4 rings (SSSR count). The van der Waals surface area contributed by atoms with E-state index in [1.54, 1.807) is 6.20 Å². The molecule has 0 bridgehead atoms. The van der Waals surface area contributed by atoms with Crippen molar-refractivity contribution in [3.8, 4) is 0 Å². The van der Waals surface area contributed by atoms with E-state index in [2.05, 4.69) is 49.2 Å². The van der Waals surface area contributed by atoms with Gasteiger partial charge in [0.2, 0.25) is 5.95 Å². The van der Waals surface area contributed by atoms with Crippen LogP contribution in [0.1, 0.15) is 0 Å². The van der Waals surface area contributed by atoms with E-state index in [0.29, 0.717) is 11.1 Å². The average Bonchev–Trinajstić information content (AvgIpc) is 3.05. The zero-order chi connectivity index (χ0) is 16.5. The molecule has 24 heavy (non-hydrogen) atoms. The van der Waals surface area contributed by atoms with Gasteiger partial charge >= 0.3 is 0 Å². The van der Waals surface area contributed by atoms with Gasteiger partial charge in [-0.1, -0.05) is 11.6 Å². The van der Waals surface area contributed by atoms with Crippen molar-refractivity contribution in [3.05, 3.63) is 41.7 Å². The summed E-state index contributed by atoms with van der Waals surface area (Å²) in [5.74, 6) is 0.488. The van der Waals surface area contributed by atoms with Crippen molar-refractivity contribution in [3.63, 3.8) is 0 Å². The van der Waals surface area contributed by atoms with Crippen molar-refractivity contribution in [2.24, 2.45) is 0 Å². The second kappa shape index (κ2) is 6.30. The molecule has 3 heterocycles. The molecule has 0 unspecified atom stereocenters. The van der Waals surface area contributed by atoms with Crippen LogP contribution in [0.3, 0.4) is 0 Å². The molecule has 0 radical (unpaired) electrons. The Morgan fingerprint density at radius 1 is 1.04 bits per heavy atom. The number of hydrogen-bond acceptors (Lipinski definition) is 5. The molecule has 1 aliphatic rings. The van der Waals surface area contributed by atoms with Crippen molar-refractivity contribution in [1.82, 2.24) is 19.9 Å². The Hall–Kier alpha value is -2.31. The van der Waals surface area contributed by atoms with Crippen LogP contribution in [-0.4, -0.2) is 53.1 Å². The number of halogens is 1. The normalized spacial score (nSPS) is 15.8. The average molecular weight is 343 g/mol. The van der Waals surface area contributed by atoms with Crippen LogP contribution < -0.4 is 10.2 Å². The smallest absolute Gasteiger partial charge is 0.230 e. The van der Waals surface area contributed by atoms with Gasteiger partial charge in [0.05, 0.1) is 5.39 Å². The van der Waals surface area contributed by atoms with E-state index < -0.39 is 0 Å². The molecule has 2 N–H and O–H groups in total. The number of H-pyrrole nitrogens is 1. The maximum Gasteiger partial charge on any atom is 0.230 e. The second-order valence-corrected chi connectivity index (χ2v) is 6.40. The fourth-order valence-electron chi connectivity index (χ4n) is 2.91. The quantitative estimate of drug-likeness (QED) is 0.716. The molecule has 1 saturated heterocycles. The standard InChI is InChI=1S/C17H19ClN6/c1-23-8-10-24(11-9-23)13-4-2-12(3-5-13)20-17-21-15(18)14-6-7-19-16(14)22-17/h2-7H,8-11H2,1H3,(H2,19,20,21,22). The summed E-state index contributed by atoms with van der Waals surface area (Å²) in [4.78, 5) is 16.5. The third kappa shape index (κ3) is 3.02. The Labute approximate surface area is 145 Å². The van der Waals surface area contributed by atoms with E-state index in [4.69, 9.17) is 11.6 Å². The van der Waals surface area contributed by atoms with Crippen LogP contribution in [0.2, 0.25) is 5.15 Å². The number of benzene rings is 1. The van der Waals surface area contributed by atoms with Crippen LogP contribution >= 0.6 is 11.6 Å². The van der Waals surface area contributed by atoms with E-state index in [9.17, 15) is 0 Å². The van der Waals surface area contributed by atoms with Gasteiger partial charge in [-0.3, -0.25) is 0 Å². The number of likely N-dealkylation sites (N-methyl/N-ethyl adjacent to an activating group) is 1. The number of nitrogens with zero attached hydrogens (tertiary/aromatic N) is 4. The number of anilines is 3. The van der Waals surface area contributed by atoms with Crippen LogP contribution in [0, 0.1) is 0 Å². The number of aromatic nitrogens is 3. The zero-order valence-corrected chi connectivity index (χ0v) is 14.2. The van der Waals surface area contributed by atoms with Crippen molar-refractivity contribution in [2.75, 3.05) is 43.4 Å². The maximum atomic E-state index is 6.19. The first kappa shape index (κ1) is 15.2. The topological polar surface area (TPSA) is 60.1 Å². The summed E-state index contributed by atoms with van der Waals surface area (Å²) in [5, 5.41) is 4.48. The molecule has 1 aromatic carbocycles. The van der Waals surface area contributed by atoms with Crippen molar-refractivity contribution in [1.29, 1.82) is 0 Å². The summed E-state index contributed by atoms with van der Waals surface area (Å²) in [6, 6.07) is 10.2. The monoisotopic (exact) mass is 342 g/mol. The number of aromatic amines is 1. The van der Waals surface area contributed by atoms with Crippen LogP contribution in [0.15, 0.2) is 36.5 Å². The molecular formula is C17H19ClN6. The van der Waals surface area contributed by atoms with Crippen molar-refractivity contribution in [2.45, 2.75) is 0 Å². The summed E-state index contributed by atoms with van der Waals surface area (Å²) >= 11 is 6.19. The van der Waals surface area contributed by atoms with Crippen molar-refractivity contribution < 1.29 is 0 Å². The predicted molar refractivity (Wildman–Crippen MR) is 98.3 cm³/mol. The lowest BCUT2D eigenvalue weighted by molar-refractivity contribution is 0.313. The summed E-state index contributed by atoms with van der Waals surface area (Å²) in [6.45, 7) is 4.32. The number of hydrogen-bond donors (Lipinski definition) is 2. The van der Waals surface area contributed by atoms with Gasteiger partial charge in [0.25, 0.3) is 0 Å². The molecule has 0 aliphatic carbocycles. The first-order chi connectivity index (χ1) is 11.7. The Kier molecular flexibility index (Phi) is 4.00. The van der Waals surface area contributed by atoms with E-state index >= 15 is 0 Å². The summed E-state index contributed by atoms with van der Waals surface area (Å²) in [7, 11) is 2.16. The molecule has 0 amide bonds. The summed E-state index contributed by atoms with van der Waals surface area (Å²) in [6.07, 6.45) is 1.81. The number of nitrogens with one attached hydrogen (secondary N) is 2. The highest BCUT2D eigenvalue weighted by Gasteiger charge is 2.14. The molecule has 3 aromatic rings. The van der Waals surface area contributed by atoms with Gasteiger partial charge in [-0.15, -0.1) is 0 Å². The second-order valence-electron chi connectivity index (χ2n) is 6.04. The first-order valence-electron chi connectivity index (χ1n) is 8.00. The predicted octanol–water partition coefficient (Wildman–Crippen LogP) is 3.11. The largest absolute Gasteiger partial charge is 0.369 e. The fourth-order valence-corrected chi connectivity index (χ4v) is 3.14. The molecule has 124 valence electrons. The van der Waals surface area contributed by atoms with Gasteiger partial charge in [0.1, 0.15) is 10.8 Å². The van der Waals surface area contributed by atoms with Crippen molar-refractivity contribution >= 4 is 40.0 Å². The molecule has 0 spiro atoms. The van der Waals surface area contributed by atoms with E-state index in [1.807, 2.05) is 18.2 Å². The Morgan fingerprint density at radius 2 is 1.79 bits per heavy atom. The third-order valence-electron chi connectivity index (χ3n) is 4.36. The first-order valence-corrected chi connectivity index (χ1v) is 8.38. The molecule has 0 saturated carbocycles. The molecular weight excluding hydrogens is 324 g/mol. The minimum atomic E-state index is 0.442. The van der Waals surface area contributed by atoms with Crippen LogP contribution in [0.4, 0.5) is 17.3 Å². The lowest BCUT2D eigenvalue weighted by atomic mass is 10.2. The highest BCUT2D eigenvalue weighted by atomic mass is 35.5. The molecule has 0 atom stereocenters. The zero-order valence-electron chi connectivity index (χ0n) is 13.5. The Bertz CT molecular complexity index is 836. The highest BCUT2D eigenvalue weighted by molar-refractivity contribution is 6.34. The van der Waals surface area contributed by atoms with Crippen LogP contribution in [-0.2, 0) is 0 Å². The lowest BCUT2D eigenvalue weighted by Crippen LogP contribution is -2.44. The van der Waals surface area contributed by atoms with Gasteiger partial charge in [-0.05, 0) is 37.4 Å². The molecule has 2 aromatic heterocycles. The van der Waals surface area contributed by atoms with Crippen LogP contribution in [0.5, 0.6) is 0 Å². The van der Waals surface area contributed by atoms with Crippen LogP contribution in [0.25, 0.3) is 11.0 Å². The van der Waals surface area contributed by atoms with Gasteiger partial charge in [-0.25, -0.2) is 4.98 Å². The Morgan fingerprint density at radius 3 is 2.54 bits per heavy atom. The fraction of sp³-hybridized carbons (Fsp3) is 0.294. The maximum absolute atomic E-state index is 6.19. The van der Waals surface area contributed by atoms with Gasteiger partial charge in [-0.2, -0.15) is 4.98 Å². The van der Waals surface area contributed by atoms with Gasteiger partial charge in [0.15, 0.2) is 0 Å². The van der Waals surface area contributed by atoms with Gasteiger partial charge in [0, 0.05) is 43.8 Å². The SMILES string of the molecule is CN1CCN(c2ccc(Nc3nc(Cl)c4cc[nH]c4n3)cc2)CC1. The van der Waals surface area contributed by atoms with E-state index in [-0.39, 0.29) is 0 Å². The molecule has 1 fully saturated rings. The summed E-state index contributed by atoms with van der Waals surface area (Å²) in [5.41, 5.74) is 2.91. The Balaban J connectivity index is 1.50. The minimum absolute atomic E-state index is 0.442. The van der Waals surface area contributed by atoms with E-state index in [1.165, 1.54) is 5.69 Å². The van der Waals surface area contributed by atoms with E-state index in [0.717, 1.165) is 42.9 Å². The number of rotatable bonds is 3. The molecule has 7 heteroatoms. The highest BCUT2D eigenvalue weighted by Crippen LogP contribution is 2.24. The minimum Gasteiger partial charge on any atom is -0.369 e. The number of piperazine rings is 1. The molecule has 1 aliphatic heterocycles. The summed E-state index contributed by atoms with van der Waals surface area (Å²) < 4.78 is 0.